The number of fused-ring (bicyclic) bond motifs is 3. The molecule has 2 saturated heterocycles. The minimum atomic E-state index is -0.381. The van der Waals surface area contributed by atoms with E-state index < -0.39 is 0 Å². The molecule has 2 aromatic carbocycles. The molecule has 0 saturated carbocycles. The molecule has 0 N–H and O–H groups in total. The Hall–Kier alpha value is -1.67. The molecular formula is C44H72B2N2O4. The Balaban J connectivity index is 1.48. The van der Waals surface area contributed by atoms with E-state index in [2.05, 4.69) is 122 Å². The molecule has 2 heterocycles. The maximum absolute atomic E-state index is 6.63. The van der Waals surface area contributed by atoms with Gasteiger partial charge in [-0.05, 0) is 147 Å². The highest BCUT2D eigenvalue weighted by atomic mass is 16.7. The monoisotopic (exact) mass is 715 g/mol. The third kappa shape index (κ3) is 8.89. The van der Waals surface area contributed by atoms with Crippen LogP contribution < -0.4 is 10.9 Å². The van der Waals surface area contributed by atoms with Crippen LogP contribution in [0.5, 0.6) is 0 Å². The maximum atomic E-state index is 6.63. The third-order valence-corrected chi connectivity index (χ3v) is 13.4. The van der Waals surface area contributed by atoms with E-state index in [1.165, 1.54) is 86.7 Å². The van der Waals surface area contributed by atoms with Crippen LogP contribution in [0, 0.1) is 0 Å². The molecule has 52 heavy (non-hydrogen) atoms. The Bertz CT molecular complexity index is 1410. The molecule has 8 heteroatoms. The van der Waals surface area contributed by atoms with Crippen LogP contribution in [0.3, 0.4) is 0 Å². The summed E-state index contributed by atoms with van der Waals surface area (Å²) in [5.41, 5.74) is 6.75. The number of hydrogen-bond acceptors (Lipinski definition) is 6. The molecule has 288 valence electrons. The first kappa shape index (κ1) is 41.5. The zero-order chi connectivity index (χ0) is 37.7. The molecule has 6 nitrogen and oxygen atoms in total. The number of unbranched alkanes of at least 4 members (excludes halogenated alkanes) is 6. The van der Waals surface area contributed by atoms with Crippen molar-refractivity contribution in [2.45, 2.75) is 169 Å². The number of rotatable bonds is 20. The van der Waals surface area contributed by atoms with Gasteiger partial charge in [0.15, 0.2) is 0 Å². The Morgan fingerprint density at radius 1 is 0.558 bits per heavy atom. The van der Waals surface area contributed by atoms with Crippen molar-refractivity contribution in [2.24, 2.45) is 0 Å². The van der Waals surface area contributed by atoms with Gasteiger partial charge in [0.25, 0.3) is 0 Å². The van der Waals surface area contributed by atoms with E-state index >= 15 is 0 Å². The molecule has 2 fully saturated rings. The summed E-state index contributed by atoms with van der Waals surface area (Å²) in [4.78, 5) is 5.11. The minimum absolute atomic E-state index is 0.0304. The summed E-state index contributed by atoms with van der Waals surface area (Å²) in [6.07, 6.45) is 12.4. The van der Waals surface area contributed by atoms with Crippen molar-refractivity contribution in [3.05, 3.63) is 47.5 Å². The van der Waals surface area contributed by atoms with Crippen molar-refractivity contribution in [1.29, 1.82) is 0 Å². The Labute approximate surface area is 319 Å². The molecular weight excluding hydrogens is 642 g/mol. The largest absolute Gasteiger partial charge is 0.494 e. The third-order valence-electron chi connectivity index (χ3n) is 13.4. The van der Waals surface area contributed by atoms with Crippen LogP contribution in [0.15, 0.2) is 36.4 Å². The van der Waals surface area contributed by atoms with E-state index in [1.807, 2.05) is 0 Å². The van der Waals surface area contributed by atoms with E-state index in [1.54, 1.807) is 0 Å². The quantitative estimate of drug-likeness (QED) is 0.101. The van der Waals surface area contributed by atoms with Gasteiger partial charge in [-0.3, -0.25) is 0 Å². The molecule has 1 unspecified atom stereocenters. The molecule has 2 aromatic rings. The average Bonchev–Trinajstić information content (AvgIpc) is 3.64. The lowest BCUT2D eigenvalue weighted by Gasteiger charge is -2.34. The van der Waals surface area contributed by atoms with Gasteiger partial charge in [0.05, 0.1) is 22.9 Å². The maximum Gasteiger partial charge on any atom is 0.494 e. The molecule has 1 aliphatic carbocycles. The second-order valence-corrected chi connectivity index (χ2v) is 17.5. The van der Waals surface area contributed by atoms with Crippen LogP contribution in [0.2, 0.25) is 0 Å². The summed E-state index contributed by atoms with van der Waals surface area (Å²) in [6.45, 7) is 31.1. The van der Waals surface area contributed by atoms with Gasteiger partial charge in [-0.2, -0.15) is 0 Å². The highest BCUT2D eigenvalue weighted by molar-refractivity contribution is 6.62. The molecule has 1 atom stereocenters. The lowest BCUT2D eigenvalue weighted by Crippen LogP contribution is -2.41. The summed E-state index contributed by atoms with van der Waals surface area (Å²) < 4.78 is 26.3. The summed E-state index contributed by atoms with van der Waals surface area (Å²) in [5.74, 6) is 0. The summed E-state index contributed by atoms with van der Waals surface area (Å²) in [5, 5.41) is 0. The van der Waals surface area contributed by atoms with Crippen LogP contribution in [0.1, 0.15) is 151 Å². The van der Waals surface area contributed by atoms with Gasteiger partial charge in [0.2, 0.25) is 0 Å². The fraction of sp³-hybridized carbons (Fsp3) is 0.727. The first-order valence-corrected chi connectivity index (χ1v) is 21.1. The zero-order valence-corrected chi connectivity index (χ0v) is 35.0. The zero-order valence-electron chi connectivity index (χ0n) is 35.0. The van der Waals surface area contributed by atoms with Gasteiger partial charge in [0.1, 0.15) is 0 Å². The van der Waals surface area contributed by atoms with Crippen LogP contribution in [-0.2, 0) is 24.0 Å². The summed E-state index contributed by atoms with van der Waals surface area (Å²) in [7, 11) is -0.728. The molecule has 3 aliphatic rings. The molecule has 0 amide bonds. The van der Waals surface area contributed by atoms with Crippen molar-refractivity contribution in [3.8, 4) is 11.1 Å². The SMILES string of the molecule is CCN(CC)CCCCCCC1(CCCCCCN(CC)CC)c2cc(B3OC(C)C(C)(C)O3)ccc2-c2ccc(B3OC(C)(C)C(C)(C)O3)cc21. The Kier molecular flexibility index (Phi) is 13.9. The second-order valence-electron chi connectivity index (χ2n) is 17.5. The fourth-order valence-electron chi connectivity index (χ4n) is 8.67. The van der Waals surface area contributed by atoms with E-state index in [0.717, 1.165) is 49.9 Å². The summed E-state index contributed by atoms with van der Waals surface area (Å²) in [6, 6.07) is 14.1. The number of hydrogen-bond donors (Lipinski definition) is 0. The fourth-order valence-corrected chi connectivity index (χ4v) is 8.67. The van der Waals surface area contributed by atoms with Gasteiger partial charge >= 0.3 is 14.2 Å². The van der Waals surface area contributed by atoms with Crippen LogP contribution in [-0.4, -0.2) is 86.2 Å². The molecule has 0 bridgehead atoms. The van der Waals surface area contributed by atoms with Crippen molar-refractivity contribution in [2.75, 3.05) is 39.3 Å². The Morgan fingerprint density at radius 3 is 1.38 bits per heavy atom. The first-order chi connectivity index (χ1) is 24.7. The lowest BCUT2D eigenvalue weighted by atomic mass is 9.67. The van der Waals surface area contributed by atoms with Crippen molar-refractivity contribution >= 4 is 25.2 Å². The minimum Gasteiger partial charge on any atom is -0.402 e. The molecule has 0 spiro atoms. The molecule has 5 rings (SSSR count). The van der Waals surface area contributed by atoms with Gasteiger partial charge in [-0.15, -0.1) is 0 Å². The van der Waals surface area contributed by atoms with Crippen molar-refractivity contribution in [1.82, 2.24) is 9.80 Å². The summed E-state index contributed by atoms with van der Waals surface area (Å²) >= 11 is 0. The first-order valence-electron chi connectivity index (χ1n) is 21.1. The lowest BCUT2D eigenvalue weighted by molar-refractivity contribution is 0.00578. The van der Waals surface area contributed by atoms with Crippen LogP contribution in [0.4, 0.5) is 0 Å². The van der Waals surface area contributed by atoms with Gasteiger partial charge < -0.3 is 28.4 Å². The average molecular weight is 715 g/mol. The van der Waals surface area contributed by atoms with E-state index in [-0.39, 0.29) is 42.6 Å². The Morgan fingerprint density at radius 2 is 0.981 bits per heavy atom. The predicted molar refractivity (Wildman–Crippen MR) is 221 cm³/mol. The molecule has 0 aromatic heterocycles. The van der Waals surface area contributed by atoms with Gasteiger partial charge in [-0.25, -0.2) is 0 Å². The molecule has 2 aliphatic heterocycles. The standard InChI is InChI=1S/C44H72B2N2O4/c1-12-47(13-2)30-22-18-16-20-28-44(29-21-17-19-23-31-48(14-3)15-4)39-32-35(45-49-34(5)41(6,7)50-45)24-26-37(39)38-27-25-36(33-40(38)44)46-51-42(8,9)43(10,11)52-46/h24-27,32-34H,12-23,28-31H2,1-11H3. The number of nitrogens with zero attached hydrogens (tertiary/aromatic N) is 2. The highest BCUT2D eigenvalue weighted by Crippen LogP contribution is 2.54. The van der Waals surface area contributed by atoms with Crippen LogP contribution >= 0.6 is 0 Å². The predicted octanol–water partition coefficient (Wildman–Crippen LogP) is 8.75. The van der Waals surface area contributed by atoms with E-state index in [9.17, 15) is 0 Å². The topological polar surface area (TPSA) is 43.4 Å². The highest BCUT2D eigenvalue weighted by Gasteiger charge is 2.53. The number of benzene rings is 2. The second kappa shape index (κ2) is 17.4. The van der Waals surface area contributed by atoms with Crippen LogP contribution in [0.25, 0.3) is 11.1 Å². The van der Waals surface area contributed by atoms with E-state index in [0.29, 0.717) is 0 Å². The van der Waals surface area contributed by atoms with Gasteiger partial charge in [-0.1, -0.05) is 103 Å². The van der Waals surface area contributed by atoms with Crippen molar-refractivity contribution in [3.63, 3.8) is 0 Å². The van der Waals surface area contributed by atoms with E-state index in [4.69, 9.17) is 18.6 Å². The smallest absolute Gasteiger partial charge is 0.402 e. The van der Waals surface area contributed by atoms with Gasteiger partial charge in [0, 0.05) is 5.41 Å². The molecule has 0 radical (unpaired) electrons. The van der Waals surface area contributed by atoms with Crippen molar-refractivity contribution < 1.29 is 18.6 Å². The normalized spacial score (nSPS) is 21.1.